The molecule has 30 heavy (non-hydrogen) atoms. The quantitative estimate of drug-likeness (QED) is 0.396. The summed E-state index contributed by atoms with van der Waals surface area (Å²) in [4.78, 5) is 12.5. The maximum Gasteiger partial charge on any atom is 0.234 e. The van der Waals surface area contributed by atoms with Gasteiger partial charge in [-0.1, -0.05) is 35.5 Å². The van der Waals surface area contributed by atoms with Crippen LogP contribution in [-0.4, -0.2) is 49.9 Å². The van der Waals surface area contributed by atoms with Crippen molar-refractivity contribution in [2.24, 2.45) is 7.05 Å². The molecule has 1 aromatic carbocycles. The van der Waals surface area contributed by atoms with Crippen molar-refractivity contribution in [1.29, 1.82) is 0 Å². The molecule has 160 valence electrons. The molecule has 0 fully saturated rings. The monoisotopic (exact) mass is 448 g/mol. The van der Waals surface area contributed by atoms with Gasteiger partial charge < -0.3 is 14.6 Å². The van der Waals surface area contributed by atoms with E-state index in [-0.39, 0.29) is 11.7 Å². The molecule has 0 radical (unpaired) electrons. The molecule has 0 saturated carbocycles. The molecule has 10 heteroatoms. The summed E-state index contributed by atoms with van der Waals surface area (Å²) in [5, 5.41) is 17.2. The molecule has 0 aliphatic rings. The highest BCUT2D eigenvalue weighted by molar-refractivity contribution is 7.99. The molecule has 2 heterocycles. The fourth-order valence-corrected chi connectivity index (χ4v) is 4.05. The average Bonchev–Trinajstić information content (AvgIpc) is 3.22. The third kappa shape index (κ3) is 5.03. The van der Waals surface area contributed by atoms with Crippen LogP contribution in [0.4, 0.5) is 5.69 Å². The van der Waals surface area contributed by atoms with Gasteiger partial charge in [0.1, 0.15) is 0 Å². The maximum absolute atomic E-state index is 12.5. The highest BCUT2D eigenvalue weighted by atomic mass is 35.5. The van der Waals surface area contributed by atoms with E-state index in [4.69, 9.17) is 16.3 Å². The number of hydrogen-bond donors (Lipinski definition) is 1. The van der Waals surface area contributed by atoms with Crippen LogP contribution in [0.15, 0.2) is 29.4 Å². The lowest BCUT2D eigenvalue weighted by atomic mass is 10.2. The number of amides is 1. The van der Waals surface area contributed by atoms with Gasteiger partial charge in [-0.2, -0.15) is 5.10 Å². The van der Waals surface area contributed by atoms with E-state index in [9.17, 15) is 4.79 Å². The normalized spacial score (nSPS) is 11.1. The molecular formula is C20H25ClN6O2S. The molecule has 0 atom stereocenters. The maximum atomic E-state index is 12.5. The summed E-state index contributed by atoms with van der Waals surface area (Å²) in [7, 11) is 3.52. The Hall–Kier alpha value is -2.36. The first-order valence-electron chi connectivity index (χ1n) is 9.52. The van der Waals surface area contributed by atoms with Gasteiger partial charge >= 0.3 is 0 Å². The Morgan fingerprint density at radius 2 is 2.03 bits per heavy atom. The SMILES string of the molecule is COCCCn1c(SCC(=O)Nc2c(C)nn(C)c2C)nnc1-c1ccccc1Cl. The van der Waals surface area contributed by atoms with Gasteiger partial charge in [0.05, 0.1) is 27.9 Å². The molecule has 0 bridgehead atoms. The number of anilines is 1. The molecule has 1 amide bonds. The first kappa shape index (κ1) is 22.3. The Balaban J connectivity index is 1.76. The van der Waals surface area contributed by atoms with E-state index in [1.54, 1.807) is 11.8 Å². The smallest absolute Gasteiger partial charge is 0.234 e. The Morgan fingerprint density at radius 1 is 1.27 bits per heavy atom. The molecule has 0 spiro atoms. The number of hydrogen-bond acceptors (Lipinski definition) is 6. The molecule has 0 aliphatic carbocycles. The number of nitrogens with one attached hydrogen (secondary N) is 1. The van der Waals surface area contributed by atoms with E-state index in [0.29, 0.717) is 29.2 Å². The molecule has 0 saturated heterocycles. The van der Waals surface area contributed by atoms with E-state index in [1.165, 1.54) is 11.8 Å². The minimum atomic E-state index is -0.120. The number of thioether (sulfide) groups is 1. The number of ether oxygens (including phenoxy) is 1. The minimum Gasteiger partial charge on any atom is -0.385 e. The summed E-state index contributed by atoms with van der Waals surface area (Å²) < 4.78 is 8.91. The van der Waals surface area contributed by atoms with Crippen LogP contribution in [0.5, 0.6) is 0 Å². The van der Waals surface area contributed by atoms with Crippen LogP contribution in [0, 0.1) is 13.8 Å². The summed E-state index contributed by atoms with van der Waals surface area (Å²) >= 11 is 7.70. The zero-order chi connectivity index (χ0) is 21.7. The summed E-state index contributed by atoms with van der Waals surface area (Å²) in [6, 6.07) is 7.52. The third-order valence-corrected chi connectivity index (χ3v) is 5.96. The van der Waals surface area contributed by atoms with Gasteiger partial charge in [-0.3, -0.25) is 9.48 Å². The summed E-state index contributed by atoms with van der Waals surface area (Å²) in [6.45, 7) is 5.07. The van der Waals surface area contributed by atoms with Crippen LogP contribution < -0.4 is 5.32 Å². The first-order chi connectivity index (χ1) is 14.4. The van der Waals surface area contributed by atoms with Crippen molar-refractivity contribution in [3.63, 3.8) is 0 Å². The van der Waals surface area contributed by atoms with Gasteiger partial charge in [0.25, 0.3) is 0 Å². The highest BCUT2D eigenvalue weighted by Gasteiger charge is 2.18. The second-order valence-electron chi connectivity index (χ2n) is 6.79. The van der Waals surface area contributed by atoms with Crippen LogP contribution in [0.1, 0.15) is 17.8 Å². The number of aryl methyl sites for hydroxylation is 2. The van der Waals surface area contributed by atoms with Gasteiger partial charge in [-0.25, -0.2) is 0 Å². The predicted octanol–water partition coefficient (Wildman–Crippen LogP) is 3.72. The highest BCUT2D eigenvalue weighted by Crippen LogP contribution is 2.29. The van der Waals surface area contributed by atoms with Crippen LogP contribution in [0.2, 0.25) is 5.02 Å². The molecule has 2 aromatic heterocycles. The van der Waals surface area contributed by atoms with Gasteiger partial charge in [-0.05, 0) is 32.4 Å². The van der Waals surface area contributed by atoms with Crippen LogP contribution >= 0.6 is 23.4 Å². The Morgan fingerprint density at radius 3 is 2.70 bits per heavy atom. The lowest BCUT2D eigenvalue weighted by Gasteiger charge is -2.11. The van der Waals surface area contributed by atoms with Crippen LogP contribution in [-0.2, 0) is 23.1 Å². The van der Waals surface area contributed by atoms with Crippen molar-refractivity contribution in [3.05, 3.63) is 40.7 Å². The number of rotatable bonds is 9. The Labute approximate surface area is 185 Å². The fraction of sp³-hybridized carbons (Fsp3) is 0.400. The molecule has 0 unspecified atom stereocenters. The average molecular weight is 449 g/mol. The second kappa shape index (κ2) is 10.1. The molecular weight excluding hydrogens is 424 g/mol. The predicted molar refractivity (Wildman–Crippen MR) is 119 cm³/mol. The molecule has 1 N–H and O–H groups in total. The first-order valence-corrected chi connectivity index (χ1v) is 10.9. The fourth-order valence-electron chi connectivity index (χ4n) is 3.07. The van der Waals surface area contributed by atoms with Crippen molar-refractivity contribution in [2.75, 3.05) is 24.8 Å². The van der Waals surface area contributed by atoms with E-state index >= 15 is 0 Å². The number of halogens is 1. The standard InChI is InChI=1S/C20H25ClN6O2S/c1-13-18(14(2)26(3)25-13)22-17(28)12-30-20-24-23-19(27(20)10-7-11-29-4)15-8-5-6-9-16(15)21/h5-6,8-9H,7,10-12H2,1-4H3,(H,22,28). The van der Waals surface area contributed by atoms with E-state index in [1.807, 2.05) is 49.7 Å². The Bertz CT molecular complexity index is 1030. The number of carbonyl (C=O) groups excluding carboxylic acids is 1. The Kier molecular flexibility index (Phi) is 7.52. The van der Waals surface area contributed by atoms with Crippen molar-refractivity contribution >= 4 is 35.0 Å². The lowest BCUT2D eigenvalue weighted by molar-refractivity contribution is -0.113. The lowest BCUT2D eigenvalue weighted by Crippen LogP contribution is -2.16. The topological polar surface area (TPSA) is 86.9 Å². The number of benzene rings is 1. The molecule has 3 aromatic rings. The second-order valence-corrected chi connectivity index (χ2v) is 8.14. The largest absolute Gasteiger partial charge is 0.385 e. The van der Waals surface area contributed by atoms with Crippen molar-refractivity contribution in [2.45, 2.75) is 32.0 Å². The number of aromatic nitrogens is 5. The minimum absolute atomic E-state index is 0.120. The van der Waals surface area contributed by atoms with Crippen molar-refractivity contribution < 1.29 is 9.53 Å². The molecule has 8 nitrogen and oxygen atoms in total. The number of nitrogens with zero attached hydrogens (tertiary/aromatic N) is 5. The van der Waals surface area contributed by atoms with Crippen LogP contribution in [0.3, 0.4) is 0 Å². The molecule has 3 rings (SSSR count). The molecule has 0 aliphatic heterocycles. The van der Waals surface area contributed by atoms with Crippen molar-refractivity contribution in [1.82, 2.24) is 24.5 Å². The third-order valence-electron chi connectivity index (χ3n) is 4.67. The number of carbonyl (C=O) groups is 1. The van der Waals surface area contributed by atoms with E-state index < -0.39 is 0 Å². The van der Waals surface area contributed by atoms with Gasteiger partial charge in [0.2, 0.25) is 5.91 Å². The number of methoxy groups -OCH3 is 1. The van der Waals surface area contributed by atoms with Crippen LogP contribution in [0.25, 0.3) is 11.4 Å². The summed E-state index contributed by atoms with van der Waals surface area (Å²) in [5.41, 5.74) is 3.26. The van der Waals surface area contributed by atoms with E-state index in [0.717, 1.165) is 29.1 Å². The zero-order valence-corrected chi connectivity index (χ0v) is 19.0. The zero-order valence-electron chi connectivity index (χ0n) is 17.5. The van der Waals surface area contributed by atoms with Gasteiger partial charge in [0.15, 0.2) is 11.0 Å². The van der Waals surface area contributed by atoms with E-state index in [2.05, 4.69) is 20.6 Å². The van der Waals surface area contributed by atoms with Gasteiger partial charge in [0, 0.05) is 32.9 Å². The van der Waals surface area contributed by atoms with Gasteiger partial charge in [-0.15, -0.1) is 10.2 Å². The summed E-state index contributed by atoms with van der Waals surface area (Å²) in [6.07, 6.45) is 0.791. The summed E-state index contributed by atoms with van der Waals surface area (Å²) in [5.74, 6) is 0.766. The van der Waals surface area contributed by atoms with Crippen molar-refractivity contribution in [3.8, 4) is 11.4 Å².